The Labute approximate surface area is 115 Å². The van der Waals surface area contributed by atoms with Crippen LogP contribution in [0.5, 0.6) is 0 Å². The van der Waals surface area contributed by atoms with Gasteiger partial charge in [0.2, 0.25) is 0 Å². The number of nitrogens with zero attached hydrogens (tertiary/aromatic N) is 2. The summed E-state index contributed by atoms with van der Waals surface area (Å²) in [5, 5.41) is 10.4. The van der Waals surface area contributed by atoms with E-state index in [9.17, 15) is 0 Å². The van der Waals surface area contributed by atoms with Crippen LogP contribution in [0.1, 0.15) is 25.3 Å². The van der Waals surface area contributed by atoms with Crippen molar-refractivity contribution in [3.8, 4) is 0 Å². The average molecular weight is 268 g/mol. The second kappa shape index (κ2) is 8.11. The van der Waals surface area contributed by atoms with Crippen molar-refractivity contribution in [2.45, 2.75) is 26.3 Å². The zero-order valence-corrected chi connectivity index (χ0v) is 12.2. The molecule has 0 bridgehead atoms. The van der Waals surface area contributed by atoms with Gasteiger partial charge in [0.25, 0.3) is 0 Å². The Morgan fingerprint density at radius 3 is 2.78 bits per heavy atom. The monoisotopic (exact) mass is 267 g/mol. The lowest BCUT2D eigenvalue weighted by molar-refractivity contribution is 0.345. The van der Waals surface area contributed by atoms with Crippen LogP contribution in [0.2, 0.25) is 5.02 Å². The van der Waals surface area contributed by atoms with Gasteiger partial charge in [-0.3, -0.25) is 5.01 Å². The summed E-state index contributed by atoms with van der Waals surface area (Å²) in [6.07, 6.45) is 2.14. The molecule has 0 atom stereocenters. The normalized spacial score (nSPS) is 11.7. The Morgan fingerprint density at radius 1 is 1.39 bits per heavy atom. The summed E-state index contributed by atoms with van der Waals surface area (Å²) in [4.78, 5) is 0. The molecular formula is C14H22ClN3. The van der Waals surface area contributed by atoms with Gasteiger partial charge in [0.05, 0.1) is 6.54 Å². The van der Waals surface area contributed by atoms with E-state index in [0.717, 1.165) is 42.2 Å². The first-order valence-electron chi connectivity index (χ1n) is 6.26. The minimum Gasteiger partial charge on any atom is -0.320 e. The molecule has 100 valence electrons. The molecule has 1 aromatic rings. The van der Waals surface area contributed by atoms with E-state index in [1.165, 1.54) is 0 Å². The van der Waals surface area contributed by atoms with Crippen molar-refractivity contribution in [3.63, 3.8) is 0 Å². The van der Waals surface area contributed by atoms with E-state index in [2.05, 4.69) is 17.3 Å². The predicted octanol–water partition coefficient (Wildman–Crippen LogP) is 3.15. The number of benzene rings is 1. The SMILES string of the molecule is CNCCC/C(C)=N/N(C)Cc1ccccc1Cl. The molecule has 0 radical (unpaired) electrons. The summed E-state index contributed by atoms with van der Waals surface area (Å²) >= 11 is 6.12. The van der Waals surface area contributed by atoms with Crippen molar-refractivity contribution in [1.82, 2.24) is 10.3 Å². The van der Waals surface area contributed by atoms with Crippen molar-refractivity contribution in [2.75, 3.05) is 20.6 Å². The van der Waals surface area contributed by atoms with E-state index in [-0.39, 0.29) is 0 Å². The average Bonchev–Trinajstić information content (AvgIpc) is 2.32. The van der Waals surface area contributed by atoms with Gasteiger partial charge >= 0.3 is 0 Å². The van der Waals surface area contributed by atoms with E-state index in [4.69, 9.17) is 11.6 Å². The maximum atomic E-state index is 6.12. The Hall–Kier alpha value is -1.06. The minimum absolute atomic E-state index is 0.739. The molecule has 0 amide bonds. The first kappa shape index (κ1) is 15.0. The molecule has 4 heteroatoms. The smallest absolute Gasteiger partial charge is 0.0621 e. The number of hydrogen-bond donors (Lipinski definition) is 1. The zero-order chi connectivity index (χ0) is 13.4. The molecule has 0 aliphatic carbocycles. The summed E-state index contributed by atoms with van der Waals surface area (Å²) in [7, 11) is 3.95. The Morgan fingerprint density at radius 2 is 2.11 bits per heavy atom. The van der Waals surface area contributed by atoms with Crippen LogP contribution in [0.15, 0.2) is 29.4 Å². The minimum atomic E-state index is 0.739. The lowest BCUT2D eigenvalue weighted by Gasteiger charge is -2.15. The van der Waals surface area contributed by atoms with Crippen LogP contribution < -0.4 is 5.32 Å². The quantitative estimate of drug-likeness (QED) is 0.467. The molecule has 1 aromatic carbocycles. The lowest BCUT2D eigenvalue weighted by Crippen LogP contribution is -2.14. The van der Waals surface area contributed by atoms with Gasteiger partial charge in [0.15, 0.2) is 0 Å². The van der Waals surface area contributed by atoms with Crippen molar-refractivity contribution >= 4 is 17.3 Å². The van der Waals surface area contributed by atoms with Gasteiger partial charge in [-0.15, -0.1) is 0 Å². The highest BCUT2D eigenvalue weighted by molar-refractivity contribution is 6.31. The first-order valence-corrected chi connectivity index (χ1v) is 6.64. The predicted molar refractivity (Wildman–Crippen MR) is 79.2 cm³/mol. The number of hydrazone groups is 1. The molecule has 0 aliphatic rings. The molecule has 1 rings (SSSR count). The lowest BCUT2D eigenvalue weighted by atomic mass is 10.2. The molecule has 0 spiro atoms. The van der Waals surface area contributed by atoms with Crippen LogP contribution in [-0.4, -0.2) is 31.4 Å². The fourth-order valence-electron chi connectivity index (χ4n) is 1.77. The van der Waals surface area contributed by atoms with Crippen LogP contribution in [0, 0.1) is 0 Å². The number of halogens is 1. The third-order valence-electron chi connectivity index (χ3n) is 2.66. The van der Waals surface area contributed by atoms with Gasteiger partial charge in [-0.2, -0.15) is 5.10 Å². The second-order valence-electron chi connectivity index (χ2n) is 4.45. The van der Waals surface area contributed by atoms with Crippen molar-refractivity contribution < 1.29 is 0 Å². The summed E-state index contributed by atoms with van der Waals surface area (Å²) in [5.41, 5.74) is 2.26. The molecule has 18 heavy (non-hydrogen) atoms. The largest absolute Gasteiger partial charge is 0.320 e. The van der Waals surface area contributed by atoms with Crippen LogP contribution in [0.25, 0.3) is 0 Å². The van der Waals surface area contributed by atoms with Gasteiger partial charge in [0.1, 0.15) is 0 Å². The van der Waals surface area contributed by atoms with Crippen molar-refractivity contribution in [2.24, 2.45) is 5.10 Å². The van der Waals surface area contributed by atoms with E-state index in [1.54, 1.807) is 0 Å². The van der Waals surface area contributed by atoms with Gasteiger partial charge < -0.3 is 5.32 Å². The zero-order valence-electron chi connectivity index (χ0n) is 11.4. The molecule has 0 heterocycles. The fraction of sp³-hybridized carbons (Fsp3) is 0.500. The molecule has 3 nitrogen and oxygen atoms in total. The number of hydrogen-bond acceptors (Lipinski definition) is 3. The highest BCUT2D eigenvalue weighted by Crippen LogP contribution is 2.16. The summed E-state index contributed by atoms with van der Waals surface area (Å²) < 4.78 is 0. The van der Waals surface area contributed by atoms with E-state index >= 15 is 0 Å². The third kappa shape index (κ3) is 5.52. The molecule has 0 aliphatic heterocycles. The number of nitrogens with one attached hydrogen (secondary N) is 1. The standard InChI is InChI=1S/C14H22ClN3/c1-12(7-6-10-16-2)17-18(3)11-13-8-4-5-9-14(13)15/h4-5,8-9,16H,6-7,10-11H2,1-3H3/b17-12+. The van der Waals surface area contributed by atoms with E-state index in [0.29, 0.717) is 0 Å². The maximum absolute atomic E-state index is 6.12. The van der Waals surface area contributed by atoms with Crippen LogP contribution in [-0.2, 0) is 6.54 Å². The Bertz CT molecular complexity index is 390. The molecule has 0 saturated carbocycles. The third-order valence-corrected chi connectivity index (χ3v) is 3.03. The fourth-order valence-corrected chi connectivity index (χ4v) is 1.97. The molecular weight excluding hydrogens is 246 g/mol. The van der Waals surface area contributed by atoms with Gasteiger partial charge in [-0.1, -0.05) is 29.8 Å². The highest BCUT2D eigenvalue weighted by Gasteiger charge is 2.02. The van der Waals surface area contributed by atoms with Gasteiger partial charge in [-0.25, -0.2) is 0 Å². The second-order valence-corrected chi connectivity index (χ2v) is 4.86. The molecule has 0 unspecified atom stereocenters. The Balaban J connectivity index is 2.48. The van der Waals surface area contributed by atoms with Crippen LogP contribution >= 0.6 is 11.6 Å². The van der Waals surface area contributed by atoms with Crippen molar-refractivity contribution in [1.29, 1.82) is 0 Å². The summed E-state index contributed by atoms with van der Waals surface area (Å²) in [6, 6.07) is 7.88. The topological polar surface area (TPSA) is 27.6 Å². The molecule has 0 fully saturated rings. The van der Waals surface area contributed by atoms with Crippen LogP contribution in [0.4, 0.5) is 0 Å². The summed E-state index contributed by atoms with van der Waals surface area (Å²) in [6.45, 7) is 3.84. The van der Waals surface area contributed by atoms with Crippen molar-refractivity contribution in [3.05, 3.63) is 34.9 Å². The van der Waals surface area contributed by atoms with Crippen LogP contribution in [0.3, 0.4) is 0 Å². The highest BCUT2D eigenvalue weighted by atomic mass is 35.5. The molecule has 1 N–H and O–H groups in total. The van der Waals surface area contributed by atoms with Gasteiger partial charge in [-0.05, 0) is 45.0 Å². The maximum Gasteiger partial charge on any atom is 0.0621 e. The Kier molecular flexibility index (Phi) is 6.76. The van der Waals surface area contributed by atoms with E-state index < -0.39 is 0 Å². The number of rotatable bonds is 7. The molecule has 0 saturated heterocycles. The first-order chi connectivity index (χ1) is 8.63. The summed E-state index contributed by atoms with van der Waals surface area (Å²) in [5.74, 6) is 0. The molecule has 0 aromatic heterocycles. The van der Waals surface area contributed by atoms with E-state index in [1.807, 2.05) is 43.4 Å². The van der Waals surface area contributed by atoms with Gasteiger partial charge in [0, 0.05) is 17.8 Å².